The monoisotopic (exact) mass is 338 g/mol. The quantitative estimate of drug-likeness (QED) is 0.474. The van der Waals surface area contributed by atoms with Crippen LogP contribution in [0.5, 0.6) is 0 Å². The van der Waals surface area contributed by atoms with Gasteiger partial charge in [0.05, 0.1) is 13.2 Å². The molecule has 0 fully saturated rings. The van der Waals surface area contributed by atoms with Gasteiger partial charge >= 0.3 is 13.0 Å². The van der Waals surface area contributed by atoms with Crippen molar-refractivity contribution in [3.8, 4) is 0 Å². The molecule has 0 unspecified atom stereocenters. The van der Waals surface area contributed by atoms with E-state index in [1.165, 1.54) is 0 Å². The second-order valence-electron chi connectivity index (χ2n) is 4.96. The van der Waals surface area contributed by atoms with Gasteiger partial charge in [-0.15, -0.1) is 0 Å². The number of hydrogen-bond donors (Lipinski definition) is 1. The van der Waals surface area contributed by atoms with Crippen LogP contribution in [-0.2, 0) is 20.0 Å². The molecular formula is C15H21N3O4P+. The van der Waals surface area contributed by atoms with E-state index in [9.17, 15) is 15.1 Å². The van der Waals surface area contributed by atoms with E-state index in [0.717, 1.165) is 24.1 Å². The maximum atomic E-state index is 12.8. The number of para-hydroxylation sites is 1. The third-order valence-corrected chi connectivity index (χ3v) is 5.52. The topological polar surface area (TPSA) is 87.1 Å². The van der Waals surface area contributed by atoms with E-state index in [2.05, 4.69) is 4.98 Å². The van der Waals surface area contributed by atoms with Gasteiger partial charge < -0.3 is 19.1 Å². The van der Waals surface area contributed by atoms with Gasteiger partial charge in [0, 0.05) is 12.2 Å². The summed E-state index contributed by atoms with van der Waals surface area (Å²) in [5.41, 5.74) is 1.38. The molecule has 0 atom stereocenters. The Balaban J connectivity index is 2.50. The molecular weight excluding hydrogens is 317 g/mol. The molecule has 2 rings (SSSR count). The molecule has 0 saturated heterocycles. The summed E-state index contributed by atoms with van der Waals surface area (Å²) in [7, 11) is -3.89. The Kier molecular flexibility index (Phi) is 5.78. The van der Waals surface area contributed by atoms with E-state index in [4.69, 9.17) is 9.05 Å². The average molecular weight is 338 g/mol. The average Bonchev–Trinajstić information content (AvgIpc) is 2.55. The van der Waals surface area contributed by atoms with Crippen LogP contribution < -0.4 is 4.90 Å². The summed E-state index contributed by atoms with van der Waals surface area (Å²) in [5.74, 6) is -0.412. The lowest BCUT2D eigenvalue weighted by atomic mass is 10.0. The lowest BCUT2D eigenvalue weighted by molar-refractivity contribution is 0.225. The van der Waals surface area contributed by atoms with E-state index in [-0.39, 0.29) is 13.2 Å². The van der Waals surface area contributed by atoms with Crippen LogP contribution in [0, 0.1) is 5.39 Å². The number of diazo groups is 1. The van der Waals surface area contributed by atoms with E-state index in [0.29, 0.717) is 6.54 Å². The van der Waals surface area contributed by atoms with Crippen molar-refractivity contribution in [1.82, 2.24) is 0 Å². The molecule has 23 heavy (non-hydrogen) atoms. The number of fused-ring (bicyclic) bond motifs is 1. The van der Waals surface area contributed by atoms with Crippen LogP contribution in [-0.4, -0.2) is 24.9 Å². The summed E-state index contributed by atoms with van der Waals surface area (Å²) in [6.45, 7) is 4.00. The van der Waals surface area contributed by atoms with Gasteiger partial charge in [-0.1, -0.05) is 18.2 Å². The number of nitrogens with zero attached hydrogens (tertiary/aromatic N) is 3. The Morgan fingerprint density at radius 2 is 2.00 bits per heavy atom. The highest BCUT2D eigenvalue weighted by atomic mass is 31.2. The maximum Gasteiger partial charge on any atom is 0.529 e. The summed E-state index contributed by atoms with van der Waals surface area (Å²) in [5, 5.41) is 19.9. The molecule has 124 valence electrons. The fraction of sp³-hybridized carbons (Fsp3) is 0.467. The zero-order valence-corrected chi connectivity index (χ0v) is 14.2. The van der Waals surface area contributed by atoms with Gasteiger partial charge in [0.2, 0.25) is 5.39 Å². The highest BCUT2D eigenvalue weighted by Gasteiger charge is 2.48. The van der Waals surface area contributed by atoms with Gasteiger partial charge in [-0.2, -0.15) is 0 Å². The minimum atomic E-state index is -3.89. The highest BCUT2D eigenvalue weighted by Crippen LogP contribution is 2.58. The van der Waals surface area contributed by atoms with Crippen LogP contribution in [0.25, 0.3) is 4.98 Å². The zero-order valence-electron chi connectivity index (χ0n) is 13.3. The minimum Gasteiger partial charge on any atom is -0.488 e. The predicted octanol–water partition coefficient (Wildman–Crippen LogP) is 4.24. The summed E-state index contributed by atoms with van der Waals surface area (Å²) < 4.78 is 23.1. The number of aryl methyl sites for hydroxylation is 1. The van der Waals surface area contributed by atoms with Crippen molar-refractivity contribution < 1.29 is 18.7 Å². The summed E-state index contributed by atoms with van der Waals surface area (Å²) in [6, 6.07) is 7.60. The number of hydrogen-bond acceptors (Lipinski definition) is 6. The SMILES string of the molecule is CCOP(=O)(OCC)/C([N+]#N)=C(\O)N1CCCc2ccccc21. The van der Waals surface area contributed by atoms with Crippen molar-refractivity contribution in [2.45, 2.75) is 26.7 Å². The van der Waals surface area contributed by atoms with Crippen molar-refractivity contribution in [2.24, 2.45) is 0 Å². The zero-order chi connectivity index (χ0) is 16.9. The van der Waals surface area contributed by atoms with Gasteiger partial charge in [0.15, 0.2) is 4.98 Å². The Hall–Kier alpha value is -1.87. The van der Waals surface area contributed by atoms with Crippen molar-refractivity contribution in [3.05, 3.63) is 46.1 Å². The molecule has 8 heteroatoms. The summed E-state index contributed by atoms with van der Waals surface area (Å²) >= 11 is 0. The summed E-state index contributed by atoms with van der Waals surface area (Å²) in [6.07, 6.45) is 1.70. The predicted molar refractivity (Wildman–Crippen MR) is 87.7 cm³/mol. The Labute approximate surface area is 135 Å². The van der Waals surface area contributed by atoms with Gasteiger partial charge in [0.1, 0.15) is 0 Å². The molecule has 1 N–H and O–H groups in total. The van der Waals surface area contributed by atoms with E-state index in [1.54, 1.807) is 18.7 Å². The van der Waals surface area contributed by atoms with Crippen LogP contribution >= 0.6 is 7.60 Å². The number of aliphatic hydroxyl groups is 1. The Bertz CT molecular complexity index is 674. The second kappa shape index (κ2) is 7.60. The molecule has 0 spiro atoms. The number of aliphatic hydroxyl groups excluding tert-OH is 1. The molecule has 1 aromatic carbocycles. The van der Waals surface area contributed by atoms with Gasteiger partial charge in [-0.05, 0) is 38.3 Å². The molecule has 0 radical (unpaired) electrons. The normalized spacial score (nSPS) is 15.6. The first-order chi connectivity index (χ1) is 11.1. The highest BCUT2D eigenvalue weighted by molar-refractivity contribution is 7.58. The van der Waals surface area contributed by atoms with Crippen molar-refractivity contribution in [2.75, 3.05) is 24.7 Å². The van der Waals surface area contributed by atoms with E-state index >= 15 is 0 Å². The summed E-state index contributed by atoms with van der Waals surface area (Å²) in [4.78, 5) is 4.59. The van der Waals surface area contributed by atoms with Crippen LogP contribution in [0.1, 0.15) is 25.8 Å². The molecule has 1 aliphatic rings. The molecule has 1 heterocycles. The largest absolute Gasteiger partial charge is 0.529 e. The number of benzene rings is 1. The lowest BCUT2D eigenvalue weighted by Crippen LogP contribution is -2.29. The molecule has 0 amide bonds. The minimum absolute atomic E-state index is 0.0974. The lowest BCUT2D eigenvalue weighted by Gasteiger charge is -2.29. The molecule has 0 aliphatic carbocycles. The van der Waals surface area contributed by atoms with Crippen LogP contribution in [0.15, 0.2) is 35.6 Å². The number of rotatable bonds is 6. The first-order valence-corrected chi connectivity index (χ1v) is 9.15. The van der Waals surface area contributed by atoms with Gasteiger partial charge in [-0.3, -0.25) is 0 Å². The first kappa shape index (κ1) is 17.5. The van der Waals surface area contributed by atoms with Crippen molar-refractivity contribution >= 4 is 13.3 Å². The molecule has 0 aromatic heterocycles. The van der Waals surface area contributed by atoms with Crippen LogP contribution in [0.3, 0.4) is 0 Å². The second-order valence-corrected chi connectivity index (χ2v) is 6.90. The standard InChI is InChI=1S/C15H20N3O4P/c1-3-21-23(20,22-4-2)14(17-16)15(19)18-11-7-9-12-8-5-6-10-13(12)18/h5-6,8,10H,3-4,7,9,11H2,1-2H3/p+1. The third kappa shape index (κ3) is 3.56. The maximum absolute atomic E-state index is 12.8. The fourth-order valence-corrected chi connectivity index (χ4v) is 4.07. The Morgan fingerprint density at radius 1 is 1.35 bits per heavy atom. The third-order valence-electron chi connectivity index (χ3n) is 3.52. The van der Waals surface area contributed by atoms with Crippen LogP contribution in [0.2, 0.25) is 0 Å². The fourth-order valence-electron chi connectivity index (χ4n) is 2.60. The van der Waals surface area contributed by atoms with E-state index in [1.807, 2.05) is 24.3 Å². The Morgan fingerprint density at radius 3 is 2.61 bits per heavy atom. The molecule has 7 nitrogen and oxygen atoms in total. The first-order valence-electron chi connectivity index (χ1n) is 7.60. The number of anilines is 1. The van der Waals surface area contributed by atoms with Gasteiger partial charge in [-0.25, -0.2) is 4.57 Å². The van der Waals surface area contributed by atoms with E-state index < -0.39 is 18.9 Å². The smallest absolute Gasteiger partial charge is 0.488 e. The van der Waals surface area contributed by atoms with Crippen molar-refractivity contribution in [3.63, 3.8) is 0 Å². The molecule has 0 saturated carbocycles. The molecule has 1 aromatic rings. The van der Waals surface area contributed by atoms with Crippen LogP contribution in [0.4, 0.5) is 5.69 Å². The van der Waals surface area contributed by atoms with Crippen molar-refractivity contribution in [1.29, 1.82) is 5.39 Å². The molecule has 1 aliphatic heterocycles. The van der Waals surface area contributed by atoms with Gasteiger partial charge in [0.25, 0.3) is 5.88 Å². The molecule has 0 bridgehead atoms.